The summed E-state index contributed by atoms with van der Waals surface area (Å²) in [6.07, 6.45) is 1.76. The van der Waals surface area contributed by atoms with Crippen LogP contribution in [0.25, 0.3) is 0 Å². The first-order valence-electron chi connectivity index (χ1n) is 4.68. The van der Waals surface area contributed by atoms with Gasteiger partial charge >= 0.3 is 12.0 Å². The van der Waals surface area contributed by atoms with Crippen LogP contribution in [-0.2, 0) is 4.79 Å². The van der Waals surface area contributed by atoms with E-state index in [-0.39, 0.29) is 0 Å². The van der Waals surface area contributed by atoms with Crippen LogP contribution in [0.15, 0.2) is 12.7 Å². The van der Waals surface area contributed by atoms with Gasteiger partial charge in [-0.1, -0.05) is 6.08 Å². The molecule has 0 aliphatic heterocycles. The van der Waals surface area contributed by atoms with E-state index in [1.807, 2.05) is 0 Å². The summed E-state index contributed by atoms with van der Waals surface area (Å²) in [6, 6.07) is -1.86. The monoisotopic (exact) mass is 248 g/mol. The molecule has 0 heterocycles. The first-order chi connectivity index (χ1) is 7.61. The van der Waals surface area contributed by atoms with E-state index in [2.05, 4.69) is 17.2 Å². The van der Waals surface area contributed by atoms with Gasteiger partial charge in [-0.05, 0) is 0 Å². The molecule has 6 nitrogen and oxygen atoms in total. The summed E-state index contributed by atoms with van der Waals surface area (Å²) in [4.78, 5) is 21.6. The largest absolute Gasteiger partial charge is 0.480 e. The number of hydrogen-bond donors (Lipinski definition) is 4. The van der Waals surface area contributed by atoms with Crippen LogP contribution < -0.4 is 10.6 Å². The smallest absolute Gasteiger partial charge is 0.328 e. The van der Waals surface area contributed by atoms with E-state index in [0.717, 1.165) is 11.5 Å². The van der Waals surface area contributed by atoms with Gasteiger partial charge in [0.1, 0.15) is 0 Å². The maximum atomic E-state index is 11.1. The molecule has 0 aromatic rings. The number of carbonyl (C=O) groups excluding carboxylic acids is 1. The Morgan fingerprint density at radius 1 is 1.50 bits per heavy atom. The average molecular weight is 248 g/mol. The number of urea groups is 1. The molecule has 0 saturated carbocycles. The molecule has 0 aliphatic carbocycles. The second-order valence-electron chi connectivity index (χ2n) is 2.84. The second kappa shape index (κ2) is 9.05. The number of thioether (sulfide) groups is 1. The Morgan fingerprint density at radius 3 is 2.69 bits per heavy atom. The van der Waals surface area contributed by atoms with Crippen molar-refractivity contribution in [3.8, 4) is 0 Å². The number of rotatable bonds is 8. The minimum Gasteiger partial charge on any atom is -0.480 e. The highest BCUT2D eigenvalue weighted by Gasteiger charge is 2.17. The van der Waals surface area contributed by atoms with Gasteiger partial charge in [0.25, 0.3) is 0 Å². The zero-order valence-corrected chi connectivity index (χ0v) is 9.63. The lowest BCUT2D eigenvalue weighted by Crippen LogP contribution is -2.48. The molecule has 92 valence electrons. The quantitative estimate of drug-likeness (QED) is 0.348. The van der Waals surface area contributed by atoms with Crippen LogP contribution in [0, 0.1) is 0 Å². The molecule has 0 aromatic heterocycles. The number of aliphatic hydroxyl groups is 1. The van der Waals surface area contributed by atoms with Gasteiger partial charge in [0, 0.05) is 18.1 Å². The molecular weight excluding hydrogens is 232 g/mol. The van der Waals surface area contributed by atoms with E-state index < -0.39 is 24.6 Å². The topological polar surface area (TPSA) is 98.7 Å². The number of hydrogen-bond acceptors (Lipinski definition) is 4. The van der Waals surface area contributed by atoms with Crippen molar-refractivity contribution in [1.82, 2.24) is 10.6 Å². The molecule has 0 rings (SSSR count). The van der Waals surface area contributed by atoms with Crippen molar-refractivity contribution in [2.24, 2.45) is 0 Å². The van der Waals surface area contributed by atoms with E-state index in [0.29, 0.717) is 6.54 Å². The Labute approximate surface area is 98.1 Å². The molecule has 0 radical (unpaired) electrons. The zero-order valence-electron chi connectivity index (χ0n) is 8.81. The van der Waals surface area contributed by atoms with Crippen LogP contribution in [0.3, 0.4) is 0 Å². The molecule has 2 amide bonds. The fraction of sp³-hybridized carbons (Fsp3) is 0.556. The first kappa shape index (κ1) is 14.8. The maximum absolute atomic E-state index is 11.1. The van der Waals surface area contributed by atoms with Crippen LogP contribution in [0.2, 0.25) is 0 Å². The summed E-state index contributed by atoms with van der Waals surface area (Å²) in [5, 5.41) is 21.8. The second-order valence-corrected chi connectivity index (χ2v) is 3.99. The number of aliphatic hydroxyl groups excluding tert-OH is 1. The third-order valence-electron chi connectivity index (χ3n) is 1.55. The molecule has 0 bridgehead atoms. The molecular formula is C9H16N2O4S. The average Bonchev–Trinajstić information content (AvgIpc) is 2.25. The third kappa shape index (κ3) is 7.13. The van der Waals surface area contributed by atoms with Crippen LogP contribution in [-0.4, -0.2) is 52.9 Å². The molecule has 0 saturated heterocycles. The number of carboxylic acid groups (broad SMARTS) is 1. The van der Waals surface area contributed by atoms with Gasteiger partial charge < -0.3 is 20.8 Å². The van der Waals surface area contributed by atoms with Gasteiger partial charge in [0.05, 0.1) is 6.61 Å². The molecule has 0 spiro atoms. The summed E-state index contributed by atoms with van der Waals surface area (Å²) in [5.74, 6) is 0.257. The fourth-order valence-corrected chi connectivity index (χ4v) is 1.38. The van der Waals surface area contributed by atoms with E-state index in [4.69, 9.17) is 10.2 Å². The SMILES string of the molecule is C=CCSCCNC(=O)NC(CO)C(=O)O. The van der Waals surface area contributed by atoms with Crippen molar-refractivity contribution >= 4 is 23.8 Å². The fourth-order valence-electron chi connectivity index (χ4n) is 0.798. The highest BCUT2D eigenvalue weighted by atomic mass is 32.2. The third-order valence-corrected chi connectivity index (χ3v) is 2.52. The lowest BCUT2D eigenvalue weighted by atomic mass is 10.3. The summed E-state index contributed by atoms with van der Waals surface area (Å²) in [5.41, 5.74) is 0. The molecule has 16 heavy (non-hydrogen) atoms. The van der Waals surface area contributed by atoms with Crippen LogP contribution >= 0.6 is 11.8 Å². The van der Waals surface area contributed by atoms with Gasteiger partial charge in [-0.25, -0.2) is 9.59 Å². The summed E-state index contributed by atoms with van der Waals surface area (Å²) in [6.45, 7) is 3.35. The molecule has 0 fully saturated rings. The molecule has 0 aliphatic rings. The van der Waals surface area contributed by atoms with Gasteiger partial charge in [-0.15, -0.1) is 6.58 Å². The number of nitrogens with one attached hydrogen (secondary N) is 2. The standard InChI is InChI=1S/C9H16N2O4S/c1-2-4-16-5-3-10-9(15)11-7(6-12)8(13)14/h2,7,12H,1,3-6H2,(H,13,14)(H2,10,11,15). The van der Waals surface area contributed by atoms with Crippen molar-refractivity contribution in [3.05, 3.63) is 12.7 Å². The lowest BCUT2D eigenvalue weighted by molar-refractivity contribution is -0.140. The van der Waals surface area contributed by atoms with Crippen molar-refractivity contribution in [1.29, 1.82) is 0 Å². The van der Waals surface area contributed by atoms with Crippen molar-refractivity contribution in [2.75, 3.05) is 24.7 Å². The molecule has 0 aromatic carbocycles. The Bertz CT molecular complexity index is 248. The van der Waals surface area contributed by atoms with Crippen LogP contribution in [0.5, 0.6) is 0 Å². The lowest BCUT2D eigenvalue weighted by Gasteiger charge is -2.12. The Balaban J connectivity index is 3.64. The predicted molar refractivity (Wildman–Crippen MR) is 62.6 cm³/mol. The molecule has 1 unspecified atom stereocenters. The molecule has 4 N–H and O–H groups in total. The maximum Gasteiger partial charge on any atom is 0.328 e. The minimum absolute atomic E-state index is 0.433. The molecule has 1 atom stereocenters. The van der Waals surface area contributed by atoms with E-state index in [1.165, 1.54) is 0 Å². The Kier molecular flexibility index (Phi) is 8.36. The van der Waals surface area contributed by atoms with Crippen molar-refractivity contribution in [3.63, 3.8) is 0 Å². The van der Waals surface area contributed by atoms with Gasteiger partial charge in [-0.2, -0.15) is 11.8 Å². The molecule has 7 heteroatoms. The summed E-state index contributed by atoms with van der Waals surface area (Å²) in [7, 11) is 0. The van der Waals surface area contributed by atoms with Gasteiger partial charge in [0.2, 0.25) is 0 Å². The Hall–Kier alpha value is -1.21. The number of carboxylic acids is 1. The minimum atomic E-state index is -1.27. The summed E-state index contributed by atoms with van der Waals surface area (Å²) < 4.78 is 0. The summed E-state index contributed by atoms with van der Waals surface area (Å²) >= 11 is 1.60. The normalized spacial score (nSPS) is 11.6. The first-order valence-corrected chi connectivity index (χ1v) is 5.84. The highest BCUT2D eigenvalue weighted by molar-refractivity contribution is 7.99. The van der Waals surface area contributed by atoms with Crippen LogP contribution in [0.1, 0.15) is 0 Å². The van der Waals surface area contributed by atoms with Crippen LogP contribution in [0.4, 0.5) is 4.79 Å². The van der Waals surface area contributed by atoms with Crippen molar-refractivity contribution in [2.45, 2.75) is 6.04 Å². The van der Waals surface area contributed by atoms with Crippen molar-refractivity contribution < 1.29 is 19.8 Å². The van der Waals surface area contributed by atoms with Gasteiger partial charge in [0.15, 0.2) is 6.04 Å². The van der Waals surface area contributed by atoms with Gasteiger partial charge in [-0.3, -0.25) is 0 Å². The predicted octanol–water partition coefficient (Wildman–Crippen LogP) is -0.350. The Morgan fingerprint density at radius 2 is 2.19 bits per heavy atom. The highest BCUT2D eigenvalue weighted by Crippen LogP contribution is 1.96. The van der Waals surface area contributed by atoms with E-state index >= 15 is 0 Å². The number of aliphatic carboxylic acids is 1. The number of amides is 2. The van der Waals surface area contributed by atoms with E-state index in [1.54, 1.807) is 17.8 Å². The zero-order chi connectivity index (χ0) is 12.4. The number of carbonyl (C=O) groups is 2. The van der Waals surface area contributed by atoms with E-state index in [9.17, 15) is 9.59 Å².